The molecule has 0 radical (unpaired) electrons. The second kappa shape index (κ2) is 4.39. The standard InChI is InChI=1S/C15H14O4/c1-9-7-10-3-2-4-12(17)15(10)19-14-8-11(16)5-6-13(14)18-9/h2-6,8-9,16-17H,7H2,1H3/t9-/m0/s1. The molecule has 0 saturated carbocycles. The highest BCUT2D eigenvalue weighted by molar-refractivity contribution is 5.53. The maximum absolute atomic E-state index is 9.93. The quantitative estimate of drug-likeness (QED) is 0.761. The SMILES string of the molecule is C[C@H]1Cc2cccc(O)c2Oc2cc(O)ccc2O1. The van der Waals surface area contributed by atoms with Gasteiger partial charge in [-0.25, -0.2) is 0 Å². The number of fused-ring (bicyclic) bond motifs is 2. The molecule has 1 aliphatic rings. The third-order valence-electron chi connectivity index (χ3n) is 3.05. The summed E-state index contributed by atoms with van der Waals surface area (Å²) in [6.45, 7) is 1.95. The fraction of sp³-hybridized carbons (Fsp3) is 0.200. The van der Waals surface area contributed by atoms with Crippen LogP contribution in [0.1, 0.15) is 12.5 Å². The highest BCUT2D eigenvalue weighted by Crippen LogP contribution is 2.42. The first-order valence-electron chi connectivity index (χ1n) is 6.12. The van der Waals surface area contributed by atoms with E-state index in [-0.39, 0.29) is 17.6 Å². The Morgan fingerprint density at radius 3 is 2.79 bits per heavy atom. The maximum Gasteiger partial charge on any atom is 0.173 e. The Hall–Kier alpha value is -2.36. The van der Waals surface area contributed by atoms with Crippen molar-refractivity contribution in [2.24, 2.45) is 0 Å². The van der Waals surface area contributed by atoms with E-state index in [4.69, 9.17) is 9.47 Å². The molecule has 0 fully saturated rings. The normalized spacial score (nSPS) is 17.2. The number of hydrogen-bond donors (Lipinski definition) is 2. The van der Waals surface area contributed by atoms with Crippen molar-refractivity contribution in [2.45, 2.75) is 19.4 Å². The highest BCUT2D eigenvalue weighted by Gasteiger charge is 2.20. The number of phenolic OH excluding ortho intramolecular Hbond substituents is 2. The molecule has 0 aromatic heterocycles. The van der Waals surface area contributed by atoms with Gasteiger partial charge in [0.25, 0.3) is 0 Å². The molecule has 1 heterocycles. The van der Waals surface area contributed by atoms with Gasteiger partial charge >= 0.3 is 0 Å². The van der Waals surface area contributed by atoms with Gasteiger partial charge in [0.15, 0.2) is 23.0 Å². The van der Waals surface area contributed by atoms with E-state index in [1.807, 2.05) is 13.0 Å². The lowest BCUT2D eigenvalue weighted by Gasteiger charge is -2.23. The van der Waals surface area contributed by atoms with Gasteiger partial charge in [-0.2, -0.15) is 0 Å². The van der Waals surface area contributed by atoms with E-state index in [2.05, 4.69) is 0 Å². The van der Waals surface area contributed by atoms with E-state index in [1.165, 1.54) is 6.07 Å². The van der Waals surface area contributed by atoms with Crippen molar-refractivity contribution in [2.75, 3.05) is 0 Å². The number of para-hydroxylation sites is 1. The van der Waals surface area contributed by atoms with Gasteiger partial charge in [0.05, 0.1) is 0 Å². The molecular weight excluding hydrogens is 244 g/mol. The van der Waals surface area contributed by atoms with Gasteiger partial charge in [0.1, 0.15) is 11.9 Å². The average Bonchev–Trinajstić information content (AvgIpc) is 2.34. The van der Waals surface area contributed by atoms with Crippen LogP contribution in [-0.2, 0) is 6.42 Å². The lowest BCUT2D eigenvalue weighted by molar-refractivity contribution is 0.205. The first-order valence-corrected chi connectivity index (χ1v) is 6.12. The third kappa shape index (κ3) is 2.17. The van der Waals surface area contributed by atoms with Crippen LogP contribution < -0.4 is 9.47 Å². The summed E-state index contributed by atoms with van der Waals surface area (Å²) in [4.78, 5) is 0. The summed E-state index contributed by atoms with van der Waals surface area (Å²) in [7, 11) is 0. The number of benzene rings is 2. The van der Waals surface area contributed by atoms with Gasteiger partial charge in [-0.05, 0) is 25.1 Å². The number of hydrogen-bond acceptors (Lipinski definition) is 4. The topological polar surface area (TPSA) is 58.9 Å². The summed E-state index contributed by atoms with van der Waals surface area (Å²) in [5.41, 5.74) is 0.876. The summed E-state index contributed by atoms with van der Waals surface area (Å²) >= 11 is 0. The number of aromatic hydroxyl groups is 2. The van der Waals surface area contributed by atoms with E-state index in [9.17, 15) is 10.2 Å². The number of rotatable bonds is 0. The molecule has 4 nitrogen and oxygen atoms in total. The van der Waals surface area contributed by atoms with Crippen molar-refractivity contribution in [3.8, 4) is 28.7 Å². The molecule has 0 unspecified atom stereocenters. The molecule has 2 N–H and O–H groups in total. The second-order valence-electron chi connectivity index (χ2n) is 4.63. The fourth-order valence-electron chi connectivity index (χ4n) is 2.20. The van der Waals surface area contributed by atoms with Crippen LogP contribution in [0.2, 0.25) is 0 Å². The average molecular weight is 258 g/mol. The van der Waals surface area contributed by atoms with Crippen molar-refractivity contribution in [3.05, 3.63) is 42.0 Å². The largest absolute Gasteiger partial charge is 0.508 e. The zero-order valence-corrected chi connectivity index (χ0v) is 10.5. The molecule has 3 rings (SSSR count). The summed E-state index contributed by atoms with van der Waals surface area (Å²) in [6.07, 6.45) is 0.595. The molecule has 1 aliphatic heterocycles. The smallest absolute Gasteiger partial charge is 0.173 e. The molecule has 0 aliphatic carbocycles. The Morgan fingerprint density at radius 1 is 1.11 bits per heavy atom. The van der Waals surface area contributed by atoms with Gasteiger partial charge in [0, 0.05) is 18.1 Å². The lowest BCUT2D eigenvalue weighted by atomic mass is 10.1. The molecule has 1 atom stereocenters. The third-order valence-corrected chi connectivity index (χ3v) is 3.05. The Labute approximate surface area is 110 Å². The van der Waals surface area contributed by atoms with Gasteiger partial charge in [-0.15, -0.1) is 0 Å². The first-order chi connectivity index (χ1) is 9.13. The summed E-state index contributed by atoms with van der Waals surface area (Å²) in [6, 6.07) is 9.92. The minimum atomic E-state index is -0.0484. The van der Waals surface area contributed by atoms with E-state index in [0.29, 0.717) is 23.7 Å². The molecule has 0 saturated heterocycles. The Morgan fingerprint density at radius 2 is 1.95 bits per heavy atom. The molecule has 0 bridgehead atoms. The second-order valence-corrected chi connectivity index (χ2v) is 4.63. The molecule has 4 heteroatoms. The summed E-state index contributed by atoms with van der Waals surface area (Å²) in [5.74, 6) is 1.55. The van der Waals surface area contributed by atoms with Crippen molar-refractivity contribution in [3.63, 3.8) is 0 Å². The maximum atomic E-state index is 9.93. The summed E-state index contributed by atoms with van der Waals surface area (Å²) in [5, 5.41) is 19.5. The minimum Gasteiger partial charge on any atom is -0.508 e. The predicted octanol–water partition coefficient (Wildman–Crippen LogP) is 3.21. The first kappa shape index (κ1) is 11.7. The Balaban J connectivity index is 2.14. The molecule has 0 amide bonds. The van der Waals surface area contributed by atoms with Crippen LogP contribution in [0.15, 0.2) is 36.4 Å². The van der Waals surface area contributed by atoms with Crippen molar-refractivity contribution in [1.29, 1.82) is 0 Å². The van der Waals surface area contributed by atoms with Gasteiger partial charge in [-0.1, -0.05) is 12.1 Å². The predicted molar refractivity (Wildman–Crippen MR) is 70.1 cm³/mol. The van der Waals surface area contributed by atoms with Gasteiger partial charge in [0.2, 0.25) is 0 Å². The molecule has 2 aromatic rings. The molecule has 2 aromatic carbocycles. The zero-order chi connectivity index (χ0) is 13.4. The zero-order valence-electron chi connectivity index (χ0n) is 10.5. The van der Waals surface area contributed by atoms with Crippen LogP contribution in [0.5, 0.6) is 28.7 Å². The van der Waals surface area contributed by atoms with Crippen LogP contribution in [0.25, 0.3) is 0 Å². The lowest BCUT2D eigenvalue weighted by Crippen LogP contribution is -2.17. The van der Waals surface area contributed by atoms with Crippen molar-refractivity contribution in [1.82, 2.24) is 0 Å². The van der Waals surface area contributed by atoms with Crippen LogP contribution in [0.4, 0.5) is 0 Å². The minimum absolute atomic E-state index is 0.0484. The van der Waals surface area contributed by atoms with Crippen molar-refractivity contribution < 1.29 is 19.7 Å². The number of phenols is 2. The monoisotopic (exact) mass is 258 g/mol. The summed E-state index contributed by atoms with van der Waals surface area (Å²) < 4.78 is 11.5. The van der Waals surface area contributed by atoms with Crippen LogP contribution in [0, 0.1) is 0 Å². The highest BCUT2D eigenvalue weighted by atomic mass is 16.5. The van der Waals surface area contributed by atoms with Gasteiger partial charge in [-0.3, -0.25) is 0 Å². The van der Waals surface area contributed by atoms with Crippen LogP contribution in [-0.4, -0.2) is 16.3 Å². The Bertz CT molecular complexity index is 622. The van der Waals surface area contributed by atoms with E-state index in [0.717, 1.165) is 5.56 Å². The Kier molecular flexibility index (Phi) is 2.71. The van der Waals surface area contributed by atoms with E-state index < -0.39 is 0 Å². The van der Waals surface area contributed by atoms with Crippen molar-refractivity contribution >= 4 is 0 Å². The number of ether oxygens (including phenoxy) is 2. The van der Waals surface area contributed by atoms with Crippen LogP contribution >= 0.6 is 0 Å². The molecule has 19 heavy (non-hydrogen) atoms. The van der Waals surface area contributed by atoms with E-state index in [1.54, 1.807) is 24.3 Å². The fourth-order valence-corrected chi connectivity index (χ4v) is 2.20. The molecular formula is C15H14O4. The van der Waals surface area contributed by atoms with E-state index >= 15 is 0 Å². The molecule has 0 spiro atoms. The molecule has 98 valence electrons. The van der Waals surface area contributed by atoms with Gasteiger partial charge < -0.3 is 19.7 Å². The van der Waals surface area contributed by atoms with Crippen LogP contribution in [0.3, 0.4) is 0 Å².